The minimum Gasteiger partial charge on any atom is -0.351 e. The lowest BCUT2D eigenvalue weighted by Gasteiger charge is -2.35. The highest BCUT2D eigenvalue weighted by atomic mass is 35.5. The van der Waals surface area contributed by atoms with Gasteiger partial charge in [0.1, 0.15) is 11.9 Å². The van der Waals surface area contributed by atoms with Gasteiger partial charge in [0.25, 0.3) is 0 Å². The first-order chi connectivity index (χ1) is 14.5. The summed E-state index contributed by atoms with van der Waals surface area (Å²) in [6, 6.07) is 6.72. The summed E-state index contributed by atoms with van der Waals surface area (Å²) in [5.41, 5.74) is 0.775. The van der Waals surface area contributed by atoms with Gasteiger partial charge in [-0.3, -0.25) is 9.59 Å². The molecule has 0 saturated heterocycles. The van der Waals surface area contributed by atoms with Gasteiger partial charge in [-0.25, -0.2) is 0 Å². The second-order valence-corrected chi connectivity index (χ2v) is 9.10. The zero-order chi connectivity index (χ0) is 21.9. The molecule has 1 fully saturated rings. The highest BCUT2D eigenvalue weighted by molar-refractivity contribution is 6.30. The lowest BCUT2D eigenvalue weighted by Crippen LogP contribution is -2.48. The average Bonchev–Trinajstić information content (AvgIpc) is 2.77. The molecule has 0 spiro atoms. The summed E-state index contributed by atoms with van der Waals surface area (Å²) in [5, 5.41) is 3.82. The number of amides is 2. The predicted octanol–water partition coefficient (Wildman–Crippen LogP) is 6.11. The molecule has 168 valence electrons. The average molecular weight is 455 g/mol. The van der Waals surface area contributed by atoms with Crippen LogP contribution >= 0.6 is 23.2 Å². The van der Waals surface area contributed by atoms with Gasteiger partial charge in [-0.15, -0.1) is 11.6 Å². The molecule has 1 N–H and O–H groups in total. The summed E-state index contributed by atoms with van der Waals surface area (Å²) >= 11 is 12.1. The molecule has 1 aliphatic carbocycles. The van der Waals surface area contributed by atoms with E-state index in [9.17, 15) is 9.59 Å². The molecule has 30 heavy (non-hydrogen) atoms. The second kappa shape index (κ2) is 13.2. The van der Waals surface area contributed by atoms with Gasteiger partial charge in [0.2, 0.25) is 11.8 Å². The smallest absolute Gasteiger partial charge is 0.247 e. The summed E-state index contributed by atoms with van der Waals surface area (Å²) in [4.78, 5) is 28.1. The number of rotatable bonds is 11. The van der Waals surface area contributed by atoms with E-state index in [2.05, 4.69) is 19.2 Å². The van der Waals surface area contributed by atoms with Crippen molar-refractivity contribution in [1.29, 1.82) is 0 Å². The Hall–Kier alpha value is -1.26. The third-order valence-corrected chi connectivity index (χ3v) is 6.61. The Bertz CT molecular complexity index is 660. The maximum absolute atomic E-state index is 13.5. The first-order valence-corrected chi connectivity index (χ1v) is 12.3. The third kappa shape index (κ3) is 7.46. The number of carbonyl (C=O) groups excluding carboxylic acids is 2. The van der Waals surface area contributed by atoms with E-state index in [1.54, 1.807) is 17.0 Å². The molecule has 0 aromatic heterocycles. The summed E-state index contributed by atoms with van der Waals surface area (Å²) in [7, 11) is 0. The summed E-state index contributed by atoms with van der Waals surface area (Å²) in [5.74, 6) is -0.113. The van der Waals surface area contributed by atoms with Crippen molar-refractivity contribution in [1.82, 2.24) is 10.2 Å². The van der Waals surface area contributed by atoms with Crippen LogP contribution in [0.1, 0.15) is 83.2 Å². The van der Waals surface area contributed by atoms with Gasteiger partial charge in [-0.2, -0.15) is 0 Å². The molecule has 0 heterocycles. The number of nitrogens with one attached hydrogen (secondary N) is 1. The van der Waals surface area contributed by atoms with Crippen LogP contribution in [0.4, 0.5) is 0 Å². The van der Waals surface area contributed by atoms with Crippen LogP contribution in [0.15, 0.2) is 24.3 Å². The van der Waals surface area contributed by atoms with Crippen LogP contribution in [0.25, 0.3) is 0 Å². The summed E-state index contributed by atoms with van der Waals surface area (Å²) in [6.45, 7) is 4.85. The van der Waals surface area contributed by atoms with Crippen LogP contribution in [0, 0.1) is 5.92 Å². The third-order valence-electron chi connectivity index (χ3n) is 6.13. The van der Waals surface area contributed by atoms with E-state index >= 15 is 0 Å². The molecule has 0 radical (unpaired) electrons. The first kappa shape index (κ1) is 25.0. The van der Waals surface area contributed by atoms with E-state index in [4.69, 9.17) is 23.2 Å². The van der Waals surface area contributed by atoms with Crippen molar-refractivity contribution in [3.63, 3.8) is 0 Å². The topological polar surface area (TPSA) is 49.4 Å². The van der Waals surface area contributed by atoms with Crippen molar-refractivity contribution in [2.24, 2.45) is 5.92 Å². The summed E-state index contributed by atoms with van der Waals surface area (Å²) in [6.07, 6.45) is 9.71. The Morgan fingerprint density at radius 1 is 1.13 bits per heavy atom. The monoisotopic (exact) mass is 454 g/mol. The standard InChI is InChI=1S/C24H36Cl2N2O2/c1-3-5-9-18(4-2)17-28(22(29)16-25)23(19-12-14-20(26)15-13-19)24(30)27-21-10-7-6-8-11-21/h12-15,18,21,23H,3-11,16-17H2,1-2H3,(H,27,30)/t18-,23+/m0/s1. The molecule has 1 saturated carbocycles. The van der Waals surface area contributed by atoms with Gasteiger partial charge in [0.05, 0.1) is 0 Å². The minimum absolute atomic E-state index is 0.118. The number of benzene rings is 1. The van der Waals surface area contributed by atoms with Crippen molar-refractivity contribution < 1.29 is 9.59 Å². The van der Waals surface area contributed by atoms with Crippen LogP contribution in [-0.2, 0) is 9.59 Å². The Labute approximate surface area is 191 Å². The van der Waals surface area contributed by atoms with Gasteiger partial charge >= 0.3 is 0 Å². The van der Waals surface area contributed by atoms with E-state index in [0.29, 0.717) is 17.5 Å². The van der Waals surface area contributed by atoms with Crippen LogP contribution in [0.5, 0.6) is 0 Å². The van der Waals surface area contributed by atoms with Crippen LogP contribution in [0.2, 0.25) is 5.02 Å². The molecule has 2 amide bonds. The maximum atomic E-state index is 13.5. The molecule has 1 aromatic rings. The Balaban J connectivity index is 2.31. The minimum atomic E-state index is -0.689. The Morgan fingerprint density at radius 2 is 1.80 bits per heavy atom. The first-order valence-electron chi connectivity index (χ1n) is 11.4. The molecule has 0 aliphatic heterocycles. The summed E-state index contributed by atoms with van der Waals surface area (Å²) < 4.78 is 0. The van der Waals surface area contributed by atoms with E-state index in [0.717, 1.165) is 56.9 Å². The number of alkyl halides is 1. The molecule has 0 unspecified atom stereocenters. The maximum Gasteiger partial charge on any atom is 0.247 e. The number of nitrogens with zero attached hydrogens (tertiary/aromatic N) is 1. The second-order valence-electron chi connectivity index (χ2n) is 8.39. The number of carbonyl (C=O) groups is 2. The number of halogens is 2. The van der Waals surface area contributed by atoms with Crippen molar-refractivity contribution >= 4 is 35.0 Å². The normalized spacial score (nSPS) is 16.7. The Morgan fingerprint density at radius 3 is 2.37 bits per heavy atom. The van der Waals surface area contributed by atoms with Crippen molar-refractivity contribution in [3.05, 3.63) is 34.9 Å². The predicted molar refractivity (Wildman–Crippen MR) is 125 cm³/mol. The van der Waals surface area contributed by atoms with E-state index < -0.39 is 6.04 Å². The largest absolute Gasteiger partial charge is 0.351 e. The van der Waals surface area contributed by atoms with Gasteiger partial charge in [0.15, 0.2) is 0 Å². The van der Waals surface area contributed by atoms with Gasteiger partial charge in [-0.1, -0.05) is 76.1 Å². The van der Waals surface area contributed by atoms with Crippen LogP contribution < -0.4 is 5.32 Å². The van der Waals surface area contributed by atoms with E-state index in [1.807, 2.05) is 12.1 Å². The highest BCUT2D eigenvalue weighted by Crippen LogP contribution is 2.28. The van der Waals surface area contributed by atoms with Crippen LogP contribution in [-0.4, -0.2) is 35.2 Å². The fraction of sp³-hybridized carbons (Fsp3) is 0.667. The lowest BCUT2D eigenvalue weighted by atomic mass is 9.94. The quantitative estimate of drug-likeness (QED) is 0.409. The molecule has 1 aromatic carbocycles. The van der Waals surface area contributed by atoms with E-state index in [1.165, 1.54) is 6.42 Å². The molecular weight excluding hydrogens is 419 g/mol. The van der Waals surface area contributed by atoms with Gasteiger partial charge in [0, 0.05) is 17.6 Å². The highest BCUT2D eigenvalue weighted by Gasteiger charge is 2.33. The van der Waals surface area contributed by atoms with Crippen LogP contribution in [0.3, 0.4) is 0 Å². The number of unbranched alkanes of at least 4 members (excludes halogenated alkanes) is 1. The van der Waals surface area contributed by atoms with Crippen molar-refractivity contribution in [2.45, 2.75) is 83.7 Å². The van der Waals surface area contributed by atoms with Gasteiger partial charge < -0.3 is 10.2 Å². The molecule has 4 nitrogen and oxygen atoms in total. The number of hydrogen-bond acceptors (Lipinski definition) is 2. The van der Waals surface area contributed by atoms with Crippen molar-refractivity contribution in [3.8, 4) is 0 Å². The fourth-order valence-corrected chi connectivity index (χ4v) is 4.55. The molecule has 6 heteroatoms. The van der Waals surface area contributed by atoms with Gasteiger partial charge in [-0.05, 0) is 42.9 Å². The zero-order valence-corrected chi connectivity index (χ0v) is 19.9. The molecule has 0 bridgehead atoms. The molecule has 2 atom stereocenters. The fourth-order valence-electron chi connectivity index (χ4n) is 4.27. The zero-order valence-electron chi connectivity index (χ0n) is 18.3. The molecular formula is C24H36Cl2N2O2. The van der Waals surface area contributed by atoms with E-state index in [-0.39, 0.29) is 23.7 Å². The SMILES string of the molecule is CCCC[C@H](CC)CN(C(=O)CCl)[C@@H](C(=O)NC1CCCCC1)c1ccc(Cl)cc1. The van der Waals surface area contributed by atoms with Crippen molar-refractivity contribution in [2.75, 3.05) is 12.4 Å². The Kier molecular flexibility index (Phi) is 11.0. The molecule has 1 aliphatic rings. The molecule has 2 rings (SSSR count). The lowest BCUT2D eigenvalue weighted by molar-refractivity contribution is -0.140. The number of hydrogen-bond donors (Lipinski definition) is 1.